The lowest BCUT2D eigenvalue weighted by Crippen LogP contribution is -2.34. The van der Waals surface area contributed by atoms with E-state index in [1.807, 2.05) is 7.05 Å². The summed E-state index contributed by atoms with van der Waals surface area (Å²) in [6.45, 7) is 0.822. The van der Waals surface area contributed by atoms with Crippen molar-refractivity contribution in [2.45, 2.75) is 18.8 Å². The number of nitrogens with one attached hydrogen (secondary N) is 1. The monoisotopic (exact) mass is 228 g/mol. The Hall–Kier alpha value is -1.77. The Morgan fingerprint density at radius 2 is 2.24 bits per heavy atom. The topological polar surface area (TPSA) is 34.0 Å². The van der Waals surface area contributed by atoms with Crippen molar-refractivity contribution in [2.24, 2.45) is 7.05 Å². The van der Waals surface area contributed by atoms with E-state index in [9.17, 15) is 4.79 Å². The van der Waals surface area contributed by atoms with E-state index >= 15 is 0 Å². The van der Waals surface area contributed by atoms with Gasteiger partial charge in [-0.25, -0.2) is 0 Å². The third kappa shape index (κ3) is 1.71. The lowest BCUT2D eigenvalue weighted by atomic mass is 9.90. The maximum Gasteiger partial charge on any atom is 0.227 e. The predicted octanol–water partition coefficient (Wildman–Crippen LogP) is 2.17. The lowest BCUT2D eigenvalue weighted by molar-refractivity contribution is -0.123. The average molecular weight is 228 g/mol. The van der Waals surface area contributed by atoms with Gasteiger partial charge >= 0.3 is 0 Å². The lowest BCUT2D eigenvalue weighted by Gasteiger charge is -2.22. The van der Waals surface area contributed by atoms with E-state index in [1.54, 1.807) is 0 Å². The fraction of sp³-hybridized carbons (Fsp3) is 0.357. The van der Waals surface area contributed by atoms with Crippen LogP contribution in [-0.2, 0) is 11.8 Å². The third-order valence-electron chi connectivity index (χ3n) is 3.60. The molecule has 1 N–H and O–H groups in total. The largest absolute Gasteiger partial charge is 0.356 e. The summed E-state index contributed by atoms with van der Waals surface area (Å²) >= 11 is 0. The first-order chi connectivity index (χ1) is 8.25. The number of piperidine rings is 1. The molecule has 0 spiro atoms. The van der Waals surface area contributed by atoms with E-state index in [1.165, 1.54) is 10.9 Å². The molecule has 2 heterocycles. The number of benzene rings is 1. The van der Waals surface area contributed by atoms with Crippen LogP contribution in [0.1, 0.15) is 24.3 Å². The van der Waals surface area contributed by atoms with Crippen LogP contribution in [0.2, 0.25) is 0 Å². The van der Waals surface area contributed by atoms with Gasteiger partial charge in [0.1, 0.15) is 0 Å². The van der Waals surface area contributed by atoms with Crippen molar-refractivity contribution in [1.29, 1.82) is 0 Å². The number of fused-ring (bicyclic) bond motifs is 1. The number of hydrogen-bond acceptors (Lipinski definition) is 1. The smallest absolute Gasteiger partial charge is 0.227 e. The van der Waals surface area contributed by atoms with Crippen LogP contribution in [0, 0.1) is 0 Å². The molecule has 1 aliphatic rings. The van der Waals surface area contributed by atoms with Crippen LogP contribution < -0.4 is 5.32 Å². The van der Waals surface area contributed by atoms with Crippen molar-refractivity contribution < 1.29 is 4.79 Å². The van der Waals surface area contributed by atoms with Gasteiger partial charge in [-0.05, 0) is 42.0 Å². The van der Waals surface area contributed by atoms with E-state index < -0.39 is 0 Å². The van der Waals surface area contributed by atoms with Gasteiger partial charge in [-0.15, -0.1) is 0 Å². The highest BCUT2D eigenvalue weighted by molar-refractivity contribution is 5.87. The minimum atomic E-state index is 0.0355. The number of rotatable bonds is 1. The SMILES string of the molecule is Cn1ccc2cc(C3CCCNC3=O)ccc21. The molecule has 3 heteroatoms. The van der Waals surface area contributed by atoms with E-state index in [2.05, 4.69) is 40.3 Å². The van der Waals surface area contributed by atoms with Gasteiger partial charge in [0.25, 0.3) is 0 Å². The second-order valence-electron chi connectivity index (χ2n) is 4.73. The zero-order valence-electron chi connectivity index (χ0n) is 9.94. The molecule has 0 aliphatic carbocycles. The van der Waals surface area contributed by atoms with E-state index in [-0.39, 0.29) is 11.8 Å². The first kappa shape index (κ1) is 10.4. The van der Waals surface area contributed by atoms with E-state index in [4.69, 9.17) is 0 Å². The number of carbonyl (C=O) groups is 1. The molecule has 88 valence electrons. The zero-order valence-corrected chi connectivity index (χ0v) is 9.94. The van der Waals surface area contributed by atoms with Crippen LogP contribution in [0.4, 0.5) is 0 Å². The van der Waals surface area contributed by atoms with Crippen LogP contribution in [0.5, 0.6) is 0 Å². The fourth-order valence-corrected chi connectivity index (χ4v) is 2.61. The molecule has 3 nitrogen and oxygen atoms in total. The van der Waals surface area contributed by atoms with Gasteiger partial charge in [0.05, 0.1) is 5.92 Å². The molecule has 1 fully saturated rings. The minimum absolute atomic E-state index is 0.0355. The van der Waals surface area contributed by atoms with Gasteiger partial charge < -0.3 is 9.88 Å². The van der Waals surface area contributed by atoms with Gasteiger partial charge in [-0.2, -0.15) is 0 Å². The minimum Gasteiger partial charge on any atom is -0.356 e. The van der Waals surface area contributed by atoms with Crippen molar-refractivity contribution >= 4 is 16.8 Å². The van der Waals surface area contributed by atoms with Crippen molar-refractivity contribution in [3.8, 4) is 0 Å². The van der Waals surface area contributed by atoms with Crippen LogP contribution in [-0.4, -0.2) is 17.0 Å². The number of nitrogens with zero attached hydrogens (tertiary/aromatic N) is 1. The van der Waals surface area contributed by atoms with Gasteiger partial charge in [0, 0.05) is 25.3 Å². The highest BCUT2D eigenvalue weighted by Gasteiger charge is 2.23. The molecule has 1 amide bonds. The Bertz CT molecular complexity index is 571. The molecule has 3 rings (SSSR count). The highest BCUT2D eigenvalue weighted by atomic mass is 16.1. The summed E-state index contributed by atoms with van der Waals surface area (Å²) in [7, 11) is 2.04. The Morgan fingerprint density at radius 1 is 1.35 bits per heavy atom. The van der Waals surface area contributed by atoms with Gasteiger partial charge in [-0.1, -0.05) is 6.07 Å². The second-order valence-corrected chi connectivity index (χ2v) is 4.73. The molecule has 0 bridgehead atoms. The third-order valence-corrected chi connectivity index (χ3v) is 3.60. The number of amides is 1. The summed E-state index contributed by atoms with van der Waals surface area (Å²) in [5.41, 5.74) is 2.35. The summed E-state index contributed by atoms with van der Waals surface area (Å²) in [5.74, 6) is 0.208. The molecular weight excluding hydrogens is 212 g/mol. The number of carbonyl (C=O) groups excluding carboxylic acids is 1. The van der Waals surface area contributed by atoms with Crippen LogP contribution in [0.15, 0.2) is 30.5 Å². The molecule has 1 saturated heterocycles. The Labute approximate surface area is 100 Å². The van der Waals surface area contributed by atoms with Crippen LogP contribution in [0.3, 0.4) is 0 Å². The van der Waals surface area contributed by atoms with Crippen molar-refractivity contribution in [1.82, 2.24) is 9.88 Å². The maximum absolute atomic E-state index is 11.8. The fourth-order valence-electron chi connectivity index (χ4n) is 2.61. The number of aromatic nitrogens is 1. The Morgan fingerprint density at radius 3 is 3.06 bits per heavy atom. The van der Waals surface area contributed by atoms with Crippen LogP contribution in [0.25, 0.3) is 10.9 Å². The molecule has 0 saturated carbocycles. The molecule has 2 aromatic rings. The zero-order chi connectivity index (χ0) is 11.8. The van der Waals surface area contributed by atoms with Crippen molar-refractivity contribution in [2.75, 3.05) is 6.54 Å². The van der Waals surface area contributed by atoms with E-state index in [0.29, 0.717) is 0 Å². The molecule has 1 aromatic heterocycles. The summed E-state index contributed by atoms with van der Waals surface area (Å²) in [6, 6.07) is 8.43. The molecule has 1 atom stereocenters. The molecular formula is C14H16N2O. The Balaban J connectivity index is 2.02. The molecule has 1 aliphatic heterocycles. The van der Waals surface area contributed by atoms with Crippen molar-refractivity contribution in [3.05, 3.63) is 36.0 Å². The van der Waals surface area contributed by atoms with Gasteiger partial charge in [0.2, 0.25) is 5.91 Å². The quantitative estimate of drug-likeness (QED) is 0.797. The summed E-state index contributed by atoms with van der Waals surface area (Å²) < 4.78 is 2.10. The molecule has 0 radical (unpaired) electrons. The molecule has 1 aromatic carbocycles. The highest BCUT2D eigenvalue weighted by Crippen LogP contribution is 2.27. The van der Waals surface area contributed by atoms with Crippen LogP contribution >= 0.6 is 0 Å². The molecule has 17 heavy (non-hydrogen) atoms. The Kier molecular flexibility index (Phi) is 2.39. The first-order valence-electron chi connectivity index (χ1n) is 6.08. The summed E-state index contributed by atoms with van der Waals surface area (Å²) in [5, 5.41) is 4.15. The molecule has 1 unspecified atom stereocenters. The summed E-state index contributed by atoms with van der Waals surface area (Å²) in [4.78, 5) is 11.8. The number of hydrogen-bond donors (Lipinski definition) is 1. The standard InChI is InChI=1S/C14H16N2O/c1-16-8-6-11-9-10(4-5-13(11)16)12-3-2-7-15-14(12)17/h4-6,8-9,12H,2-3,7H2,1H3,(H,15,17). The predicted molar refractivity (Wildman–Crippen MR) is 67.9 cm³/mol. The second kappa shape index (κ2) is 3.91. The number of aryl methyl sites for hydroxylation is 1. The van der Waals surface area contributed by atoms with E-state index in [0.717, 1.165) is 24.9 Å². The maximum atomic E-state index is 11.8. The van der Waals surface area contributed by atoms with Gasteiger partial charge in [-0.3, -0.25) is 4.79 Å². The van der Waals surface area contributed by atoms with Gasteiger partial charge in [0.15, 0.2) is 0 Å². The normalized spacial score (nSPS) is 20.5. The summed E-state index contributed by atoms with van der Waals surface area (Å²) in [6.07, 6.45) is 4.09. The van der Waals surface area contributed by atoms with Crippen molar-refractivity contribution in [3.63, 3.8) is 0 Å². The average Bonchev–Trinajstić information content (AvgIpc) is 2.71. The first-order valence-corrected chi connectivity index (χ1v) is 6.08.